The normalized spacial score (nSPS) is 11.5. The van der Waals surface area contributed by atoms with Gasteiger partial charge in [-0.3, -0.25) is 4.99 Å². The van der Waals surface area contributed by atoms with Crippen molar-refractivity contribution in [2.45, 2.75) is 40.3 Å². The molecule has 2 rings (SSSR count). The number of nitrogens with zero attached hydrogens (tertiary/aromatic N) is 2. The number of rotatable bonds is 5. The quantitative estimate of drug-likeness (QED) is 0.651. The van der Waals surface area contributed by atoms with Crippen molar-refractivity contribution in [3.63, 3.8) is 0 Å². The summed E-state index contributed by atoms with van der Waals surface area (Å²) in [6.07, 6.45) is 1.76. The van der Waals surface area contributed by atoms with Crippen molar-refractivity contribution in [1.82, 2.24) is 15.6 Å². The first-order valence-electron chi connectivity index (χ1n) is 8.15. The number of benzene rings is 1. The highest BCUT2D eigenvalue weighted by Gasteiger charge is 2.04. The third-order valence-corrected chi connectivity index (χ3v) is 3.61. The molecule has 0 saturated heterocycles. The molecule has 128 valence electrons. The van der Waals surface area contributed by atoms with Crippen molar-refractivity contribution in [2.75, 3.05) is 7.05 Å². The van der Waals surface area contributed by atoms with E-state index in [9.17, 15) is 0 Å². The van der Waals surface area contributed by atoms with Gasteiger partial charge in [0.15, 0.2) is 5.96 Å². The molecule has 5 heteroatoms. The van der Waals surface area contributed by atoms with Gasteiger partial charge in [0.25, 0.3) is 0 Å². The van der Waals surface area contributed by atoms with Gasteiger partial charge in [-0.05, 0) is 62.6 Å². The van der Waals surface area contributed by atoms with E-state index in [4.69, 9.17) is 4.74 Å². The number of hydrogen-bond donors (Lipinski definition) is 2. The Morgan fingerprint density at radius 3 is 2.62 bits per heavy atom. The van der Waals surface area contributed by atoms with Crippen molar-refractivity contribution in [2.24, 2.45) is 4.99 Å². The molecule has 0 atom stereocenters. The minimum atomic E-state index is 0.331. The second-order valence-corrected chi connectivity index (χ2v) is 6.08. The molecule has 5 nitrogen and oxygen atoms in total. The summed E-state index contributed by atoms with van der Waals surface area (Å²) in [5.41, 5.74) is 3.53. The Kier molecular flexibility index (Phi) is 6.18. The molecule has 0 fully saturated rings. The maximum absolute atomic E-state index is 5.87. The molecule has 1 aromatic heterocycles. The second-order valence-electron chi connectivity index (χ2n) is 6.08. The number of nitrogens with one attached hydrogen (secondary N) is 2. The largest absolute Gasteiger partial charge is 0.439 e. The Morgan fingerprint density at radius 1 is 1.17 bits per heavy atom. The monoisotopic (exact) mass is 326 g/mol. The number of guanidine groups is 1. The molecule has 0 unspecified atom stereocenters. The summed E-state index contributed by atoms with van der Waals surface area (Å²) in [5.74, 6) is 2.16. The van der Waals surface area contributed by atoms with E-state index in [1.807, 2.05) is 24.3 Å². The number of aryl methyl sites for hydroxylation is 2. The van der Waals surface area contributed by atoms with Crippen molar-refractivity contribution >= 4 is 5.96 Å². The Balaban J connectivity index is 2.02. The first-order valence-corrected chi connectivity index (χ1v) is 8.15. The van der Waals surface area contributed by atoms with Crippen LogP contribution < -0.4 is 15.4 Å². The molecule has 0 amide bonds. The topological polar surface area (TPSA) is 58.5 Å². The second kappa shape index (κ2) is 8.34. The van der Waals surface area contributed by atoms with E-state index in [1.54, 1.807) is 13.2 Å². The standard InChI is InChI=1S/C19H26N4O/c1-13(2)23-19(20-5)22-12-16-8-9-21-18(11-16)24-17-7-6-14(3)15(4)10-17/h6-11,13H,12H2,1-5H3,(H2,20,22,23). The minimum absolute atomic E-state index is 0.331. The first-order chi connectivity index (χ1) is 11.5. The zero-order valence-corrected chi connectivity index (χ0v) is 15.1. The molecular weight excluding hydrogens is 300 g/mol. The zero-order valence-electron chi connectivity index (χ0n) is 15.1. The van der Waals surface area contributed by atoms with Crippen molar-refractivity contribution in [3.05, 3.63) is 53.2 Å². The molecule has 0 aliphatic carbocycles. The molecule has 0 bridgehead atoms. The van der Waals surface area contributed by atoms with Gasteiger partial charge in [0, 0.05) is 31.9 Å². The molecule has 0 radical (unpaired) electrons. The molecule has 2 N–H and O–H groups in total. The number of pyridine rings is 1. The average Bonchev–Trinajstić information content (AvgIpc) is 2.55. The SMILES string of the molecule is CN=C(NCc1ccnc(Oc2ccc(C)c(C)c2)c1)NC(C)C. The van der Waals surface area contributed by atoms with E-state index in [1.165, 1.54) is 11.1 Å². The van der Waals surface area contributed by atoms with E-state index < -0.39 is 0 Å². The smallest absolute Gasteiger partial charge is 0.219 e. The number of aromatic nitrogens is 1. The number of ether oxygens (including phenoxy) is 1. The summed E-state index contributed by atoms with van der Waals surface area (Å²) in [6, 6.07) is 10.3. The number of aliphatic imine (C=N–C) groups is 1. The van der Waals surface area contributed by atoms with Gasteiger partial charge in [-0.1, -0.05) is 6.07 Å². The maximum atomic E-state index is 5.87. The van der Waals surface area contributed by atoms with E-state index in [0.717, 1.165) is 17.3 Å². The van der Waals surface area contributed by atoms with Crippen LogP contribution >= 0.6 is 0 Å². The fraction of sp³-hybridized carbons (Fsp3) is 0.368. The van der Waals surface area contributed by atoms with Gasteiger partial charge < -0.3 is 15.4 Å². The highest BCUT2D eigenvalue weighted by Crippen LogP contribution is 2.22. The van der Waals surface area contributed by atoms with Crippen molar-refractivity contribution in [1.29, 1.82) is 0 Å². The van der Waals surface area contributed by atoms with Gasteiger partial charge >= 0.3 is 0 Å². The van der Waals surface area contributed by atoms with Crippen molar-refractivity contribution < 1.29 is 4.74 Å². The Labute approximate surface area is 144 Å². The number of hydrogen-bond acceptors (Lipinski definition) is 3. The fourth-order valence-corrected chi connectivity index (χ4v) is 2.17. The molecular formula is C19H26N4O. The van der Waals surface area contributed by atoms with Crippen LogP contribution in [0.25, 0.3) is 0 Å². The zero-order chi connectivity index (χ0) is 17.5. The van der Waals surface area contributed by atoms with Crippen LogP contribution in [0.4, 0.5) is 0 Å². The third-order valence-electron chi connectivity index (χ3n) is 3.61. The molecule has 0 saturated carbocycles. The molecule has 0 spiro atoms. The van der Waals surface area contributed by atoms with Gasteiger partial charge in [0.1, 0.15) is 5.75 Å². The van der Waals surface area contributed by atoms with Crippen LogP contribution in [0.2, 0.25) is 0 Å². The Morgan fingerprint density at radius 2 is 1.96 bits per heavy atom. The third kappa shape index (κ3) is 5.26. The molecule has 24 heavy (non-hydrogen) atoms. The lowest BCUT2D eigenvalue weighted by Gasteiger charge is -2.14. The first kappa shape index (κ1) is 17.8. The van der Waals surface area contributed by atoms with Crippen molar-refractivity contribution in [3.8, 4) is 11.6 Å². The van der Waals surface area contributed by atoms with Crippen LogP contribution in [0.15, 0.2) is 41.5 Å². The van der Waals surface area contributed by atoms with Crippen LogP contribution in [-0.4, -0.2) is 24.0 Å². The minimum Gasteiger partial charge on any atom is -0.439 e. The van der Waals surface area contributed by atoms with E-state index in [-0.39, 0.29) is 0 Å². The van der Waals surface area contributed by atoms with Crippen LogP contribution in [0.1, 0.15) is 30.5 Å². The van der Waals surface area contributed by atoms with Crippen LogP contribution in [0, 0.1) is 13.8 Å². The van der Waals surface area contributed by atoms with Crippen LogP contribution in [0.5, 0.6) is 11.6 Å². The highest BCUT2D eigenvalue weighted by molar-refractivity contribution is 5.79. The summed E-state index contributed by atoms with van der Waals surface area (Å²) < 4.78 is 5.87. The maximum Gasteiger partial charge on any atom is 0.219 e. The van der Waals surface area contributed by atoms with Gasteiger partial charge in [-0.2, -0.15) is 0 Å². The van der Waals surface area contributed by atoms with Gasteiger partial charge in [0.2, 0.25) is 5.88 Å². The predicted octanol–water partition coefficient (Wildman–Crippen LogP) is 3.56. The predicted molar refractivity (Wildman–Crippen MR) is 98.7 cm³/mol. The van der Waals surface area contributed by atoms with Gasteiger partial charge in [0.05, 0.1) is 0 Å². The molecule has 2 aromatic rings. The van der Waals surface area contributed by atoms with Gasteiger partial charge in [-0.15, -0.1) is 0 Å². The lowest BCUT2D eigenvalue weighted by Crippen LogP contribution is -2.40. The molecule has 0 aliphatic rings. The lowest BCUT2D eigenvalue weighted by molar-refractivity contribution is 0.461. The van der Waals surface area contributed by atoms with Gasteiger partial charge in [-0.25, -0.2) is 4.98 Å². The lowest BCUT2D eigenvalue weighted by atomic mass is 10.1. The summed E-state index contributed by atoms with van der Waals surface area (Å²) in [7, 11) is 1.76. The molecule has 1 heterocycles. The van der Waals surface area contributed by atoms with E-state index in [0.29, 0.717) is 18.5 Å². The molecule has 0 aliphatic heterocycles. The fourth-order valence-electron chi connectivity index (χ4n) is 2.17. The Bertz CT molecular complexity index is 710. The van der Waals surface area contributed by atoms with Crippen LogP contribution in [-0.2, 0) is 6.54 Å². The van der Waals surface area contributed by atoms with E-state index in [2.05, 4.69) is 54.4 Å². The Hall–Kier alpha value is -2.56. The average molecular weight is 326 g/mol. The molecule has 1 aromatic carbocycles. The van der Waals surface area contributed by atoms with E-state index >= 15 is 0 Å². The highest BCUT2D eigenvalue weighted by atomic mass is 16.5. The summed E-state index contributed by atoms with van der Waals surface area (Å²) >= 11 is 0. The summed E-state index contributed by atoms with van der Waals surface area (Å²) in [6.45, 7) is 8.97. The van der Waals surface area contributed by atoms with Crippen LogP contribution in [0.3, 0.4) is 0 Å². The summed E-state index contributed by atoms with van der Waals surface area (Å²) in [4.78, 5) is 8.49. The summed E-state index contributed by atoms with van der Waals surface area (Å²) in [5, 5.41) is 6.54.